The van der Waals surface area contributed by atoms with Crippen LogP contribution in [-0.2, 0) is 4.79 Å². The van der Waals surface area contributed by atoms with E-state index in [0.717, 1.165) is 12.8 Å². The SMILES string of the molecule is NNc1ncc(Br)cc1C(=O)NCCC(=O)NC1CC1. The highest BCUT2D eigenvalue weighted by Gasteiger charge is 2.23. The number of nitrogens with zero attached hydrogens (tertiary/aromatic N) is 1. The Morgan fingerprint density at radius 1 is 1.45 bits per heavy atom. The summed E-state index contributed by atoms with van der Waals surface area (Å²) in [6.45, 7) is 0.272. The van der Waals surface area contributed by atoms with E-state index in [2.05, 4.69) is 37.0 Å². The zero-order chi connectivity index (χ0) is 14.5. The van der Waals surface area contributed by atoms with Gasteiger partial charge in [0.2, 0.25) is 5.91 Å². The normalized spacial score (nSPS) is 13.7. The third kappa shape index (κ3) is 4.17. The van der Waals surface area contributed by atoms with Crippen LogP contribution in [0.3, 0.4) is 0 Å². The predicted molar refractivity (Wildman–Crippen MR) is 77.9 cm³/mol. The number of nitrogen functional groups attached to an aromatic ring is 1. The minimum absolute atomic E-state index is 0.0441. The Hall–Kier alpha value is -1.67. The van der Waals surface area contributed by atoms with Crippen LogP contribution in [0.15, 0.2) is 16.7 Å². The molecule has 8 heteroatoms. The number of hydrazine groups is 1. The summed E-state index contributed by atoms with van der Waals surface area (Å²) < 4.78 is 0.674. The number of nitrogens with two attached hydrogens (primary N) is 1. The molecule has 1 fully saturated rings. The molecule has 0 aromatic carbocycles. The van der Waals surface area contributed by atoms with Crippen LogP contribution >= 0.6 is 15.9 Å². The van der Waals surface area contributed by atoms with Crippen molar-refractivity contribution in [3.63, 3.8) is 0 Å². The molecule has 0 saturated heterocycles. The van der Waals surface area contributed by atoms with E-state index in [1.165, 1.54) is 6.20 Å². The minimum atomic E-state index is -0.328. The summed E-state index contributed by atoms with van der Waals surface area (Å²) in [5.74, 6) is 5.22. The first-order valence-electron chi connectivity index (χ1n) is 6.30. The third-order valence-corrected chi connectivity index (χ3v) is 3.25. The van der Waals surface area contributed by atoms with Crippen LogP contribution < -0.4 is 21.9 Å². The Bertz CT molecular complexity index is 519. The Morgan fingerprint density at radius 2 is 2.20 bits per heavy atom. The summed E-state index contributed by atoms with van der Waals surface area (Å²) in [6, 6.07) is 1.95. The summed E-state index contributed by atoms with van der Waals surface area (Å²) in [5, 5.41) is 5.53. The van der Waals surface area contributed by atoms with E-state index in [1.54, 1.807) is 6.07 Å². The molecule has 1 aromatic rings. The van der Waals surface area contributed by atoms with Gasteiger partial charge in [0.1, 0.15) is 0 Å². The second-order valence-electron chi connectivity index (χ2n) is 4.54. The molecular formula is C12H16BrN5O2. The summed E-state index contributed by atoms with van der Waals surface area (Å²) in [7, 11) is 0. The summed E-state index contributed by atoms with van der Waals surface area (Å²) in [6.07, 6.45) is 3.89. The van der Waals surface area contributed by atoms with E-state index in [0.29, 0.717) is 16.1 Å². The maximum atomic E-state index is 12.0. The quantitative estimate of drug-likeness (QED) is 0.445. The minimum Gasteiger partial charge on any atom is -0.353 e. The maximum absolute atomic E-state index is 12.0. The lowest BCUT2D eigenvalue weighted by molar-refractivity contribution is -0.121. The number of aromatic nitrogens is 1. The largest absolute Gasteiger partial charge is 0.353 e. The average molecular weight is 342 g/mol. The van der Waals surface area contributed by atoms with Gasteiger partial charge in [-0.3, -0.25) is 9.59 Å². The first-order chi connectivity index (χ1) is 9.60. The molecule has 0 aliphatic heterocycles. The van der Waals surface area contributed by atoms with Crippen LogP contribution in [-0.4, -0.2) is 29.4 Å². The number of nitrogens with one attached hydrogen (secondary N) is 3. The molecule has 1 aromatic heterocycles. The number of hydrogen-bond donors (Lipinski definition) is 4. The van der Waals surface area contributed by atoms with Gasteiger partial charge in [0, 0.05) is 29.7 Å². The van der Waals surface area contributed by atoms with Crippen molar-refractivity contribution in [2.24, 2.45) is 5.84 Å². The molecule has 2 amide bonds. The number of amides is 2. The molecule has 1 aliphatic rings. The van der Waals surface area contributed by atoms with Gasteiger partial charge in [-0.05, 0) is 34.8 Å². The zero-order valence-electron chi connectivity index (χ0n) is 10.8. The standard InChI is InChI=1S/C12H16BrN5O2/c13-7-5-9(11(18-14)16-6-7)12(20)15-4-3-10(19)17-8-1-2-8/h5-6,8H,1-4,14H2,(H,15,20)(H,16,18)(H,17,19). The molecule has 0 radical (unpaired) electrons. The highest BCUT2D eigenvalue weighted by atomic mass is 79.9. The molecule has 0 unspecified atom stereocenters. The average Bonchev–Trinajstić information content (AvgIpc) is 3.22. The maximum Gasteiger partial charge on any atom is 0.255 e. The van der Waals surface area contributed by atoms with E-state index < -0.39 is 0 Å². The molecule has 1 saturated carbocycles. The van der Waals surface area contributed by atoms with Gasteiger partial charge in [-0.25, -0.2) is 10.8 Å². The Kier molecular flexibility index (Phi) is 4.91. The highest BCUT2D eigenvalue weighted by Crippen LogP contribution is 2.18. The Balaban J connectivity index is 1.84. The second kappa shape index (κ2) is 6.67. The molecule has 2 rings (SSSR count). The lowest BCUT2D eigenvalue weighted by Crippen LogP contribution is -2.32. The molecule has 0 bridgehead atoms. The van der Waals surface area contributed by atoms with E-state index in [4.69, 9.17) is 5.84 Å². The topological polar surface area (TPSA) is 109 Å². The molecule has 0 spiro atoms. The third-order valence-electron chi connectivity index (χ3n) is 2.82. The molecule has 1 aliphatic carbocycles. The number of carbonyl (C=O) groups excluding carboxylic acids is 2. The van der Waals surface area contributed by atoms with Crippen LogP contribution in [0.4, 0.5) is 5.82 Å². The first-order valence-corrected chi connectivity index (χ1v) is 7.09. The van der Waals surface area contributed by atoms with Crippen molar-refractivity contribution in [3.05, 3.63) is 22.3 Å². The Labute approximate surface area is 124 Å². The summed E-state index contributed by atoms with van der Waals surface area (Å²) in [4.78, 5) is 27.5. The fraction of sp³-hybridized carbons (Fsp3) is 0.417. The van der Waals surface area contributed by atoms with Gasteiger partial charge < -0.3 is 16.1 Å². The van der Waals surface area contributed by atoms with Crippen LogP contribution in [0.5, 0.6) is 0 Å². The van der Waals surface area contributed by atoms with Crippen LogP contribution in [0.2, 0.25) is 0 Å². The number of hydrogen-bond acceptors (Lipinski definition) is 5. The molecule has 108 valence electrons. The van der Waals surface area contributed by atoms with Crippen molar-refractivity contribution >= 4 is 33.6 Å². The highest BCUT2D eigenvalue weighted by molar-refractivity contribution is 9.10. The van der Waals surface area contributed by atoms with Crippen molar-refractivity contribution in [3.8, 4) is 0 Å². The number of anilines is 1. The van der Waals surface area contributed by atoms with Gasteiger partial charge in [0.15, 0.2) is 5.82 Å². The fourth-order valence-electron chi connectivity index (χ4n) is 1.64. The molecule has 5 N–H and O–H groups in total. The van der Waals surface area contributed by atoms with Crippen molar-refractivity contribution in [2.75, 3.05) is 12.0 Å². The molecule has 1 heterocycles. The number of carbonyl (C=O) groups is 2. The van der Waals surface area contributed by atoms with Gasteiger partial charge in [-0.1, -0.05) is 0 Å². The van der Waals surface area contributed by atoms with Crippen molar-refractivity contribution < 1.29 is 9.59 Å². The number of rotatable bonds is 6. The van der Waals surface area contributed by atoms with Gasteiger partial charge in [0.25, 0.3) is 5.91 Å². The molecule has 7 nitrogen and oxygen atoms in total. The Morgan fingerprint density at radius 3 is 2.85 bits per heavy atom. The van der Waals surface area contributed by atoms with Gasteiger partial charge in [-0.2, -0.15) is 0 Å². The van der Waals surface area contributed by atoms with E-state index in [1.807, 2.05) is 0 Å². The van der Waals surface area contributed by atoms with Gasteiger partial charge in [-0.15, -0.1) is 0 Å². The smallest absolute Gasteiger partial charge is 0.255 e. The van der Waals surface area contributed by atoms with Gasteiger partial charge >= 0.3 is 0 Å². The van der Waals surface area contributed by atoms with Crippen LogP contribution in [0.25, 0.3) is 0 Å². The van der Waals surface area contributed by atoms with Crippen molar-refractivity contribution in [1.29, 1.82) is 0 Å². The lowest BCUT2D eigenvalue weighted by Gasteiger charge is -2.09. The summed E-state index contributed by atoms with van der Waals surface area (Å²) >= 11 is 3.24. The van der Waals surface area contributed by atoms with Crippen molar-refractivity contribution in [2.45, 2.75) is 25.3 Å². The van der Waals surface area contributed by atoms with E-state index >= 15 is 0 Å². The number of halogens is 1. The summed E-state index contributed by atoms with van der Waals surface area (Å²) in [5.41, 5.74) is 2.69. The lowest BCUT2D eigenvalue weighted by atomic mass is 10.2. The van der Waals surface area contributed by atoms with Crippen molar-refractivity contribution in [1.82, 2.24) is 15.6 Å². The molecular weight excluding hydrogens is 326 g/mol. The molecule has 0 atom stereocenters. The zero-order valence-corrected chi connectivity index (χ0v) is 12.4. The number of pyridine rings is 1. The second-order valence-corrected chi connectivity index (χ2v) is 5.46. The molecule has 20 heavy (non-hydrogen) atoms. The first kappa shape index (κ1) is 14.7. The van der Waals surface area contributed by atoms with Crippen LogP contribution in [0, 0.1) is 0 Å². The van der Waals surface area contributed by atoms with Crippen LogP contribution in [0.1, 0.15) is 29.6 Å². The fourth-order valence-corrected chi connectivity index (χ4v) is 1.97. The van der Waals surface area contributed by atoms with E-state index in [9.17, 15) is 9.59 Å². The predicted octanol–water partition coefficient (Wildman–Crippen LogP) is 0.528. The van der Waals surface area contributed by atoms with E-state index in [-0.39, 0.29) is 30.6 Å². The monoisotopic (exact) mass is 341 g/mol. The van der Waals surface area contributed by atoms with Gasteiger partial charge in [0.05, 0.1) is 5.56 Å².